The molecule has 0 bridgehead atoms. The quantitative estimate of drug-likeness (QED) is 0.759. The van der Waals surface area contributed by atoms with Crippen LogP contribution in [0.3, 0.4) is 0 Å². The predicted octanol–water partition coefficient (Wildman–Crippen LogP) is 3.03. The van der Waals surface area contributed by atoms with Crippen molar-refractivity contribution < 1.29 is 13.6 Å². The zero-order chi connectivity index (χ0) is 11.6. The first-order valence-corrected chi connectivity index (χ1v) is 7.57. The van der Waals surface area contributed by atoms with Gasteiger partial charge in [0, 0.05) is 6.66 Å². The molecule has 1 aliphatic carbocycles. The average molecular weight is 240 g/mol. The first-order chi connectivity index (χ1) is 7.61. The Morgan fingerprint density at radius 1 is 1.31 bits per heavy atom. The first-order valence-electron chi connectivity index (χ1n) is 5.58. The van der Waals surface area contributed by atoms with Gasteiger partial charge in [0.1, 0.15) is 0 Å². The lowest BCUT2D eigenvalue weighted by atomic mass is 10.1. The molecule has 88 valence electrons. The van der Waals surface area contributed by atoms with Gasteiger partial charge in [-0.3, -0.25) is 4.57 Å². The summed E-state index contributed by atoms with van der Waals surface area (Å²) in [5.74, 6) is 0. The topological polar surface area (TPSA) is 35.5 Å². The van der Waals surface area contributed by atoms with Crippen molar-refractivity contribution in [2.45, 2.75) is 25.9 Å². The van der Waals surface area contributed by atoms with E-state index in [4.69, 9.17) is 9.05 Å². The maximum atomic E-state index is 11.9. The molecule has 0 saturated carbocycles. The lowest BCUT2D eigenvalue weighted by Crippen LogP contribution is -2.11. The molecule has 0 heterocycles. The van der Waals surface area contributed by atoms with Gasteiger partial charge in [0.25, 0.3) is 0 Å². The van der Waals surface area contributed by atoms with Crippen LogP contribution in [0.1, 0.15) is 18.1 Å². The van der Waals surface area contributed by atoms with Crippen LogP contribution in [0, 0.1) is 0 Å². The summed E-state index contributed by atoms with van der Waals surface area (Å²) < 4.78 is 22.6. The standard InChI is InChI=1S/C12H17O3P/c1-3-14-16(2,13)15-12-8-10-6-4-5-7-11(10)9-12/h4-7,12H,3,8-9H2,1-2H3. The minimum Gasteiger partial charge on any atom is -0.309 e. The molecule has 1 aromatic carbocycles. The van der Waals surface area contributed by atoms with Crippen molar-refractivity contribution in [1.82, 2.24) is 0 Å². The van der Waals surface area contributed by atoms with Crippen molar-refractivity contribution in [3.05, 3.63) is 35.4 Å². The van der Waals surface area contributed by atoms with Gasteiger partial charge in [-0.1, -0.05) is 24.3 Å². The summed E-state index contributed by atoms with van der Waals surface area (Å²) in [6, 6.07) is 8.24. The number of hydrogen-bond donors (Lipinski definition) is 0. The van der Waals surface area contributed by atoms with Gasteiger partial charge in [-0.25, -0.2) is 0 Å². The summed E-state index contributed by atoms with van der Waals surface area (Å²) in [4.78, 5) is 0. The molecule has 3 nitrogen and oxygen atoms in total. The Labute approximate surface area is 96.3 Å². The molecule has 0 saturated heterocycles. The number of hydrogen-bond acceptors (Lipinski definition) is 3. The second-order valence-electron chi connectivity index (χ2n) is 4.09. The molecule has 0 aromatic heterocycles. The van der Waals surface area contributed by atoms with Crippen LogP contribution in [-0.4, -0.2) is 19.4 Å². The van der Waals surface area contributed by atoms with Gasteiger partial charge in [-0.15, -0.1) is 0 Å². The van der Waals surface area contributed by atoms with E-state index in [1.54, 1.807) is 6.66 Å². The fourth-order valence-electron chi connectivity index (χ4n) is 2.13. The first kappa shape index (κ1) is 11.8. The Morgan fingerprint density at radius 2 is 1.88 bits per heavy atom. The molecule has 1 aromatic rings. The summed E-state index contributed by atoms with van der Waals surface area (Å²) in [7, 11) is -2.87. The van der Waals surface area contributed by atoms with Gasteiger partial charge >= 0.3 is 7.60 Å². The molecule has 0 radical (unpaired) electrons. The van der Waals surface area contributed by atoms with Crippen molar-refractivity contribution in [3.63, 3.8) is 0 Å². The Bertz CT molecular complexity index is 391. The molecule has 1 atom stereocenters. The summed E-state index contributed by atoms with van der Waals surface area (Å²) >= 11 is 0. The van der Waals surface area contributed by atoms with Crippen molar-refractivity contribution in [2.24, 2.45) is 0 Å². The van der Waals surface area contributed by atoms with E-state index in [1.165, 1.54) is 11.1 Å². The zero-order valence-electron chi connectivity index (χ0n) is 9.68. The molecule has 0 amide bonds. The van der Waals surface area contributed by atoms with Crippen LogP contribution in [0.5, 0.6) is 0 Å². The Kier molecular flexibility index (Phi) is 3.48. The Balaban J connectivity index is 1.99. The highest BCUT2D eigenvalue weighted by molar-refractivity contribution is 7.53. The van der Waals surface area contributed by atoms with Crippen molar-refractivity contribution in [3.8, 4) is 0 Å². The lowest BCUT2D eigenvalue weighted by molar-refractivity contribution is 0.160. The highest BCUT2D eigenvalue weighted by Gasteiger charge is 2.28. The third-order valence-corrected chi connectivity index (χ3v) is 4.13. The minimum atomic E-state index is -2.87. The monoisotopic (exact) mass is 240 g/mol. The molecule has 0 N–H and O–H groups in total. The van der Waals surface area contributed by atoms with Gasteiger partial charge in [-0.2, -0.15) is 0 Å². The highest BCUT2D eigenvalue weighted by atomic mass is 31.2. The summed E-state index contributed by atoms with van der Waals surface area (Å²) in [6.45, 7) is 3.79. The van der Waals surface area contributed by atoms with Gasteiger partial charge < -0.3 is 9.05 Å². The van der Waals surface area contributed by atoms with Crippen LogP contribution in [0.4, 0.5) is 0 Å². The third kappa shape index (κ3) is 2.73. The Hall–Kier alpha value is -0.630. The van der Waals surface area contributed by atoms with Crippen LogP contribution >= 0.6 is 7.60 Å². The van der Waals surface area contributed by atoms with Gasteiger partial charge in [0.05, 0.1) is 12.7 Å². The molecule has 0 aliphatic heterocycles. The van der Waals surface area contributed by atoms with Crippen LogP contribution < -0.4 is 0 Å². The zero-order valence-corrected chi connectivity index (χ0v) is 10.6. The second-order valence-corrected chi connectivity index (χ2v) is 6.11. The fourth-order valence-corrected chi connectivity index (χ4v) is 3.35. The van der Waals surface area contributed by atoms with Crippen LogP contribution in [0.15, 0.2) is 24.3 Å². The molecule has 4 heteroatoms. The summed E-state index contributed by atoms with van der Waals surface area (Å²) in [5, 5.41) is 0. The van der Waals surface area contributed by atoms with Crippen molar-refractivity contribution >= 4 is 7.60 Å². The van der Waals surface area contributed by atoms with E-state index in [0.29, 0.717) is 6.61 Å². The van der Waals surface area contributed by atoms with Crippen LogP contribution in [0.2, 0.25) is 0 Å². The molecule has 16 heavy (non-hydrogen) atoms. The van der Waals surface area contributed by atoms with Crippen molar-refractivity contribution in [1.29, 1.82) is 0 Å². The van der Waals surface area contributed by atoms with E-state index in [1.807, 2.05) is 19.1 Å². The number of benzene rings is 1. The minimum absolute atomic E-state index is 0.000201. The number of rotatable bonds is 4. The van der Waals surface area contributed by atoms with E-state index < -0.39 is 7.60 Å². The molecular weight excluding hydrogens is 223 g/mol. The maximum Gasteiger partial charge on any atom is 0.327 e. The van der Waals surface area contributed by atoms with Crippen LogP contribution in [0.25, 0.3) is 0 Å². The molecule has 1 aliphatic rings. The summed E-state index contributed by atoms with van der Waals surface area (Å²) in [6.07, 6.45) is 1.67. The number of fused-ring (bicyclic) bond motifs is 1. The highest BCUT2D eigenvalue weighted by Crippen LogP contribution is 2.46. The van der Waals surface area contributed by atoms with E-state index >= 15 is 0 Å². The van der Waals surface area contributed by atoms with E-state index in [-0.39, 0.29) is 6.10 Å². The molecule has 1 unspecified atom stereocenters. The Morgan fingerprint density at radius 3 is 2.38 bits per heavy atom. The smallest absolute Gasteiger partial charge is 0.309 e. The largest absolute Gasteiger partial charge is 0.327 e. The average Bonchev–Trinajstić information content (AvgIpc) is 2.58. The predicted molar refractivity (Wildman–Crippen MR) is 63.9 cm³/mol. The second kappa shape index (κ2) is 4.70. The van der Waals surface area contributed by atoms with Crippen LogP contribution in [-0.2, 0) is 26.5 Å². The maximum absolute atomic E-state index is 11.9. The lowest BCUT2D eigenvalue weighted by Gasteiger charge is -2.17. The van der Waals surface area contributed by atoms with E-state index in [0.717, 1.165) is 12.8 Å². The molecule has 0 fully saturated rings. The fraction of sp³-hybridized carbons (Fsp3) is 0.500. The SMILES string of the molecule is CCOP(C)(=O)OC1Cc2ccccc2C1. The van der Waals surface area contributed by atoms with Gasteiger partial charge in [-0.05, 0) is 30.9 Å². The van der Waals surface area contributed by atoms with Crippen molar-refractivity contribution in [2.75, 3.05) is 13.3 Å². The van der Waals surface area contributed by atoms with E-state index in [2.05, 4.69) is 12.1 Å². The van der Waals surface area contributed by atoms with E-state index in [9.17, 15) is 4.57 Å². The molecule has 2 rings (SSSR count). The van der Waals surface area contributed by atoms with Gasteiger partial charge in [0.15, 0.2) is 0 Å². The summed E-state index contributed by atoms with van der Waals surface area (Å²) in [5.41, 5.74) is 2.59. The normalized spacial score (nSPS) is 19.4. The molecule has 0 spiro atoms. The molecular formula is C12H17O3P. The van der Waals surface area contributed by atoms with Gasteiger partial charge in [0.2, 0.25) is 0 Å². The third-order valence-electron chi connectivity index (χ3n) is 2.72.